The van der Waals surface area contributed by atoms with Crippen LogP contribution >= 0.6 is 0 Å². The van der Waals surface area contributed by atoms with E-state index in [9.17, 15) is 18.0 Å². The summed E-state index contributed by atoms with van der Waals surface area (Å²) >= 11 is 0. The maximum Gasteiger partial charge on any atom is 0.243 e. The largest absolute Gasteiger partial charge is 0.497 e. The molecule has 0 heterocycles. The van der Waals surface area contributed by atoms with Gasteiger partial charge in [0.15, 0.2) is 0 Å². The van der Waals surface area contributed by atoms with Crippen molar-refractivity contribution >= 4 is 27.5 Å². The molecular weight excluding hydrogens is 526 g/mol. The second-order valence-corrected chi connectivity index (χ2v) is 12.7. The van der Waals surface area contributed by atoms with E-state index >= 15 is 0 Å². The molecule has 0 unspecified atom stereocenters. The van der Waals surface area contributed by atoms with Gasteiger partial charge in [-0.15, -0.1) is 0 Å². The zero-order chi connectivity index (χ0) is 29.3. The van der Waals surface area contributed by atoms with E-state index in [0.717, 1.165) is 48.1 Å². The summed E-state index contributed by atoms with van der Waals surface area (Å²) < 4.78 is 32.0. The minimum absolute atomic E-state index is 0.121. The number of anilines is 1. The van der Waals surface area contributed by atoms with E-state index in [0.29, 0.717) is 18.5 Å². The molecule has 2 aromatic rings. The number of carbonyl (C=O) groups excluding carboxylic acids is 2. The number of carbonyl (C=O) groups is 2. The molecule has 0 aromatic heterocycles. The van der Waals surface area contributed by atoms with Crippen molar-refractivity contribution in [2.24, 2.45) is 0 Å². The SMILES string of the molecule is CC[C@H](C(=O)NC1CCCCC1)N(Cc1ccc(OC)cc1)C(=O)CCCN(c1cccc(C)c1C)S(C)(=O)=O. The molecule has 220 valence electrons. The highest BCUT2D eigenvalue weighted by molar-refractivity contribution is 7.92. The van der Waals surface area contributed by atoms with Crippen molar-refractivity contribution in [3.05, 3.63) is 59.2 Å². The number of amides is 2. The Morgan fingerprint density at radius 3 is 2.33 bits per heavy atom. The smallest absolute Gasteiger partial charge is 0.243 e. The molecule has 2 amide bonds. The van der Waals surface area contributed by atoms with Crippen molar-refractivity contribution in [3.63, 3.8) is 0 Å². The predicted octanol–water partition coefficient (Wildman–Crippen LogP) is 5.11. The number of sulfonamides is 1. The van der Waals surface area contributed by atoms with Crippen molar-refractivity contribution < 1.29 is 22.7 Å². The van der Waals surface area contributed by atoms with Gasteiger partial charge in [0.05, 0.1) is 19.1 Å². The van der Waals surface area contributed by atoms with Gasteiger partial charge < -0.3 is 15.0 Å². The topological polar surface area (TPSA) is 96.0 Å². The van der Waals surface area contributed by atoms with E-state index in [4.69, 9.17) is 4.74 Å². The monoisotopic (exact) mass is 571 g/mol. The van der Waals surface area contributed by atoms with Crippen LogP contribution < -0.4 is 14.4 Å². The molecule has 40 heavy (non-hydrogen) atoms. The molecule has 8 nitrogen and oxygen atoms in total. The van der Waals surface area contributed by atoms with Crippen LogP contribution in [-0.2, 0) is 26.2 Å². The highest BCUT2D eigenvalue weighted by atomic mass is 32.2. The first-order valence-corrected chi connectivity index (χ1v) is 16.2. The average molecular weight is 572 g/mol. The summed E-state index contributed by atoms with van der Waals surface area (Å²) in [6, 6.07) is 12.6. The Bertz CT molecular complexity index is 1240. The van der Waals surface area contributed by atoms with E-state index in [1.807, 2.05) is 57.2 Å². The van der Waals surface area contributed by atoms with Gasteiger partial charge in [0.2, 0.25) is 21.8 Å². The number of methoxy groups -OCH3 is 1. The standard InChI is InChI=1S/C31H45N3O5S/c1-6-28(31(36)32-26-13-8-7-9-14-26)33(22-25-17-19-27(39-4)20-18-25)30(35)16-11-21-34(40(5,37)38)29-15-10-12-23(2)24(29)3/h10,12,15,17-20,26,28H,6-9,11,13-14,16,21-22H2,1-5H3,(H,32,36)/t28-/m1/s1. The number of hydrogen-bond donors (Lipinski definition) is 1. The number of benzene rings is 2. The third kappa shape index (κ3) is 8.46. The average Bonchev–Trinajstić information content (AvgIpc) is 2.93. The zero-order valence-electron chi connectivity index (χ0n) is 24.6. The van der Waals surface area contributed by atoms with Crippen LogP contribution in [0.5, 0.6) is 5.75 Å². The molecule has 1 atom stereocenters. The van der Waals surface area contributed by atoms with Crippen LogP contribution in [0.4, 0.5) is 5.69 Å². The quantitative estimate of drug-likeness (QED) is 0.360. The van der Waals surface area contributed by atoms with Gasteiger partial charge in [-0.25, -0.2) is 8.42 Å². The lowest BCUT2D eigenvalue weighted by atomic mass is 9.95. The Morgan fingerprint density at radius 1 is 1.05 bits per heavy atom. The first kappa shape index (κ1) is 31.5. The predicted molar refractivity (Wildman–Crippen MR) is 160 cm³/mol. The number of nitrogens with one attached hydrogen (secondary N) is 1. The zero-order valence-corrected chi connectivity index (χ0v) is 25.4. The lowest BCUT2D eigenvalue weighted by molar-refractivity contribution is -0.141. The normalized spacial score (nSPS) is 14.8. The molecule has 2 aromatic carbocycles. The fourth-order valence-electron chi connectivity index (χ4n) is 5.38. The highest BCUT2D eigenvalue weighted by Gasteiger charge is 2.30. The molecule has 1 saturated carbocycles. The number of hydrogen-bond acceptors (Lipinski definition) is 5. The van der Waals surface area contributed by atoms with Crippen LogP contribution in [-0.4, -0.2) is 57.1 Å². The second kappa shape index (κ2) is 14.5. The Kier molecular flexibility index (Phi) is 11.4. The Morgan fingerprint density at radius 2 is 1.73 bits per heavy atom. The molecule has 0 spiro atoms. The van der Waals surface area contributed by atoms with Gasteiger partial charge in [0.1, 0.15) is 11.8 Å². The fourth-order valence-corrected chi connectivity index (χ4v) is 6.40. The molecule has 1 N–H and O–H groups in total. The van der Waals surface area contributed by atoms with Gasteiger partial charge in [0.25, 0.3) is 0 Å². The van der Waals surface area contributed by atoms with Crippen LogP contribution in [0.15, 0.2) is 42.5 Å². The van der Waals surface area contributed by atoms with E-state index in [-0.39, 0.29) is 37.4 Å². The van der Waals surface area contributed by atoms with Gasteiger partial charge in [-0.05, 0) is 74.4 Å². The minimum Gasteiger partial charge on any atom is -0.497 e. The summed E-state index contributed by atoms with van der Waals surface area (Å²) in [6.45, 7) is 6.23. The summed E-state index contributed by atoms with van der Waals surface area (Å²) in [5.41, 5.74) is 3.42. The number of nitrogens with zero attached hydrogens (tertiary/aromatic N) is 2. The number of aryl methyl sites for hydroxylation is 1. The first-order valence-electron chi connectivity index (χ1n) is 14.3. The molecule has 0 saturated heterocycles. The van der Waals surface area contributed by atoms with E-state index < -0.39 is 16.1 Å². The summed E-state index contributed by atoms with van der Waals surface area (Å²) in [5.74, 6) is 0.427. The van der Waals surface area contributed by atoms with Crippen molar-refractivity contribution in [1.82, 2.24) is 10.2 Å². The molecule has 3 rings (SSSR count). The second-order valence-electron chi connectivity index (χ2n) is 10.8. The lowest BCUT2D eigenvalue weighted by Gasteiger charge is -2.33. The fraction of sp³-hybridized carbons (Fsp3) is 0.548. The molecule has 9 heteroatoms. The van der Waals surface area contributed by atoms with Crippen LogP contribution in [0.25, 0.3) is 0 Å². The summed E-state index contributed by atoms with van der Waals surface area (Å²) in [6.07, 6.45) is 7.47. The summed E-state index contributed by atoms with van der Waals surface area (Å²) in [5, 5.41) is 3.20. The minimum atomic E-state index is -3.55. The highest BCUT2D eigenvalue weighted by Crippen LogP contribution is 2.26. The third-order valence-corrected chi connectivity index (χ3v) is 9.03. The van der Waals surface area contributed by atoms with E-state index in [1.165, 1.54) is 17.0 Å². The number of rotatable bonds is 13. The third-order valence-electron chi connectivity index (χ3n) is 7.85. The Labute approximate surface area is 240 Å². The Balaban J connectivity index is 1.78. The van der Waals surface area contributed by atoms with Gasteiger partial charge >= 0.3 is 0 Å². The maximum atomic E-state index is 13.7. The first-order chi connectivity index (χ1) is 19.0. The van der Waals surface area contributed by atoms with E-state index in [1.54, 1.807) is 18.1 Å². The maximum absolute atomic E-state index is 13.7. The molecule has 0 radical (unpaired) electrons. The van der Waals surface area contributed by atoms with Crippen molar-refractivity contribution in [2.45, 2.75) is 90.8 Å². The van der Waals surface area contributed by atoms with Crippen LogP contribution in [0.2, 0.25) is 0 Å². The van der Waals surface area contributed by atoms with Gasteiger partial charge in [0, 0.05) is 25.6 Å². The van der Waals surface area contributed by atoms with Gasteiger partial charge in [-0.3, -0.25) is 13.9 Å². The molecule has 0 bridgehead atoms. The van der Waals surface area contributed by atoms with Crippen LogP contribution in [0, 0.1) is 13.8 Å². The molecule has 1 fully saturated rings. The Hall–Kier alpha value is -3.07. The van der Waals surface area contributed by atoms with Crippen molar-refractivity contribution in [1.29, 1.82) is 0 Å². The summed E-state index contributed by atoms with van der Waals surface area (Å²) in [7, 11) is -1.95. The van der Waals surface area contributed by atoms with Gasteiger partial charge in [-0.1, -0.05) is 50.5 Å². The van der Waals surface area contributed by atoms with Gasteiger partial charge in [-0.2, -0.15) is 0 Å². The number of ether oxygens (including phenoxy) is 1. The summed E-state index contributed by atoms with van der Waals surface area (Å²) in [4.78, 5) is 28.8. The molecule has 1 aliphatic carbocycles. The molecule has 1 aliphatic rings. The lowest BCUT2D eigenvalue weighted by Crippen LogP contribution is -2.51. The van der Waals surface area contributed by atoms with Crippen LogP contribution in [0.1, 0.15) is 75.0 Å². The van der Waals surface area contributed by atoms with E-state index in [2.05, 4.69) is 5.32 Å². The van der Waals surface area contributed by atoms with Crippen LogP contribution in [0.3, 0.4) is 0 Å². The molecule has 0 aliphatic heterocycles. The molecular formula is C31H45N3O5S. The van der Waals surface area contributed by atoms with Crippen molar-refractivity contribution in [3.8, 4) is 5.75 Å². The van der Waals surface area contributed by atoms with Crippen molar-refractivity contribution in [2.75, 3.05) is 24.2 Å².